The van der Waals surface area contributed by atoms with E-state index in [4.69, 9.17) is 5.84 Å². The highest BCUT2D eigenvalue weighted by molar-refractivity contribution is 6.12. The highest BCUT2D eigenvalue weighted by Gasteiger charge is 2.10. The average Bonchev–Trinajstić information content (AvgIpc) is 2.63. The van der Waals surface area contributed by atoms with Crippen molar-refractivity contribution in [1.29, 1.82) is 0 Å². The maximum atomic E-state index is 5.42. The lowest BCUT2D eigenvalue weighted by Gasteiger charge is -2.12. The summed E-state index contributed by atoms with van der Waals surface area (Å²) in [7, 11) is 0. The van der Waals surface area contributed by atoms with E-state index < -0.39 is 0 Å². The summed E-state index contributed by atoms with van der Waals surface area (Å²) in [6, 6.07) is 8.46. The summed E-state index contributed by atoms with van der Waals surface area (Å²) in [5.41, 5.74) is 5.11. The van der Waals surface area contributed by atoms with Crippen LogP contribution in [0.3, 0.4) is 0 Å². The van der Waals surface area contributed by atoms with Crippen LogP contribution >= 0.6 is 0 Å². The molecule has 0 fully saturated rings. The largest absolute Gasteiger partial charge is 0.323 e. The summed E-state index contributed by atoms with van der Waals surface area (Å²) in [6.07, 6.45) is 6.76. The molecule has 0 bridgehead atoms. The first-order valence-electron chi connectivity index (χ1n) is 8.97. The van der Waals surface area contributed by atoms with Gasteiger partial charge < -0.3 is 5.84 Å². The molecule has 0 aliphatic heterocycles. The summed E-state index contributed by atoms with van der Waals surface area (Å²) in [5.74, 6) is 5.42. The first kappa shape index (κ1) is 24.2. The lowest BCUT2D eigenvalue weighted by molar-refractivity contribution is 1.09. The van der Waals surface area contributed by atoms with E-state index in [-0.39, 0.29) is 1.43 Å². The molecule has 2 N–H and O–H groups in total. The molecule has 24 heavy (non-hydrogen) atoms. The second-order valence-corrected chi connectivity index (χ2v) is 4.98. The Morgan fingerprint density at radius 3 is 1.96 bits per heavy atom. The molecule has 0 heterocycles. The van der Waals surface area contributed by atoms with Gasteiger partial charge in [0, 0.05) is 1.43 Å². The highest BCUT2D eigenvalue weighted by atomic mass is 15.1. The molecule has 2 heteroatoms. The molecule has 2 nitrogen and oxygen atoms in total. The molecule has 0 aromatic heterocycles. The lowest BCUT2D eigenvalue weighted by atomic mass is 9.93. The van der Waals surface area contributed by atoms with E-state index in [0.29, 0.717) is 0 Å². The van der Waals surface area contributed by atoms with Crippen molar-refractivity contribution in [3.8, 4) is 0 Å². The molecule has 0 amide bonds. The molecule has 136 valence electrons. The first-order valence-corrected chi connectivity index (χ1v) is 8.97. The predicted octanol–water partition coefficient (Wildman–Crippen LogP) is 6.79. The van der Waals surface area contributed by atoms with Crippen molar-refractivity contribution >= 4 is 11.3 Å². The van der Waals surface area contributed by atoms with E-state index in [1.165, 1.54) is 12.0 Å². The zero-order chi connectivity index (χ0) is 19.0. The summed E-state index contributed by atoms with van der Waals surface area (Å²) in [4.78, 5) is 0. The maximum absolute atomic E-state index is 5.42. The molecule has 0 aliphatic carbocycles. The van der Waals surface area contributed by atoms with E-state index >= 15 is 0 Å². The van der Waals surface area contributed by atoms with Crippen molar-refractivity contribution < 1.29 is 1.43 Å². The number of aryl methyl sites for hydroxylation is 1. The predicted molar refractivity (Wildman–Crippen MR) is 114 cm³/mol. The van der Waals surface area contributed by atoms with E-state index in [1.54, 1.807) is 6.08 Å². The first-order chi connectivity index (χ1) is 11.6. The van der Waals surface area contributed by atoms with Gasteiger partial charge in [-0.25, -0.2) is 0 Å². The molecule has 0 saturated heterocycles. The number of rotatable bonds is 6. The van der Waals surface area contributed by atoms with Crippen LogP contribution in [0.15, 0.2) is 60.2 Å². The Bertz CT molecular complexity index is 525. The summed E-state index contributed by atoms with van der Waals surface area (Å²) >= 11 is 0. The van der Waals surface area contributed by atoms with Gasteiger partial charge in [-0.1, -0.05) is 97.5 Å². The Morgan fingerprint density at radius 2 is 1.62 bits per heavy atom. The third kappa shape index (κ3) is 8.52. The number of nitrogens with zero attached hydrogens (tertiary/aromatic N) is 1. The minimum atomic E-state index is 0. The molecule has 0 saturated carbocycles. The van der Waals surface area contributed by atoms with Crippen molar-refractivity contribution in [1.82, 2.24) is 0 Å². The zero-order valence-corrected chi connectivity index (χ0v) is 16.5. The molecule has 1 rings (SSSR count). The number of hydrogen-bond acceptors (Lipinski definition) is 2. The van der Waals surface area contributed by atoms with Gasteiger partial charge in [0.25, 0.3) is 0 Å². The van der Waals surface area contributed by atoms with E-state index in [2.05, 4.69) is 63.3 Å². The highest BCUT2D eigenvalue weighted by Crippen LogP contribution is 2.24. The Morgan fingerprint density at radius 1 is 1.12 bits per heavy atom. The van der Waals surface area contributed by atoms with Crippen molar-refractivity contribution in [2.75, 3.05) is 0 Å². The molecule has 0 spiro atoms. The fraction of sp³-hybridized carbons (Fsp3) is 0.409. The minimum absolute atomic E-state index is 0. The van der Waals surface area contributed by atoms with Gasteiger partial charge in [-0.3, -0.25) is 0 Å². The fourth-order valence-electron chi connectivity index (χ4n) is 1.95. The van der Waals surface area contributed by atoms with Crippen molar-refractivity contribution in [2.24, 2.45) is 10.9 Å². The van der Waals surface area contributed by atoms with Gasteiger partial charge in [-0.2, -0.15) is 5.10 Å². The van der Waals surface area contributed by atoms with Crippen LogP contribution in [0, 0.1) is 0 Å². The monoisotopic (exact) mass is 330 g/mol. The summed E-state index contributed by atoms with van der Waals surface area (Å²) in [6.45, 7) is 20.3. The van der Waals surface area contributed by atoms with E-state index in [1.807, 2.05) is 26.8 Å². The van der Waals surface area contributed by atoms with Crippen LogP contribution < -0.4 is 5.84 Å². The normalized spacial score (nSPS) is 10.8. The third-order valence-corrected chi connectivity index (χ3v) is 3.12. The molecular formula is C22H38N2. The molecule has 0 atom stereocenters. The molecule has 0 radical (unpaired) electrons. The van der Waals surface area contributed by atoms with Gasteiger partial charge in [-0.05, 0) is 35.1 Å². The summed E-state index contributed by atoms with van der Waals surface area (Å²) in [5, 5.41) is 3.81. The third-order valence-electron chi connectivity index (χ3n) is 3.12. The number of nitrogens with two attached hydrogens (primary N) is 1. The van der Waals surface area contributed by atoms with Gasteiger partial charge in [-0.15, -0.1) is 0 Å². The number of hydrazone groups is 1. The van der Waals surface area contributed by atoms with Gasteiger partial charge >= 0.3 is 0 Å². The van der Waals surface area contributed by atoms with Gasteiger partial charge in [0.05, 0.1) is 5.71 Å². The van der Waals surface area contributed by atoms with Crippen LogP contribution in [0.1, 0.15) is 66.9 Å². The van der Waals surface area contributed by atoms with Crippen LogP contribution in [-0.4, -0.2) is 5.71 Å². The van der Waals surface area contributed by atoms with Crippen molar-refractivity contribution in [2.45, 2.75) is 60.8 Å². The molecule has 1 aromatic carbocycles. The average molecular weight is 331 g/mol. The SMILES string of the molecule is C=C/C=C(\C(=C)/C(CC)=N/N)c1ccc(CC)cc1.CC.CCC.[HH]. The molecular weight excluding hydrogens is 292 g/mol. The smallest absolute Gasteiger partial charge is 0.0670 e. The number of hydrogen-bond donors (Lipinski definition) is 1. The van der Waals surface area contributed by atoms with E-state index in [9.17, 15) is 0 Å². The Labute approximate surface area is 151 Å². The topological polar surface area (TPSA) is 38.4 Å². The van der Waals surface area contributed by atoms with Crippen LogP contribution in [0.5, 0.6) is 0 Å². The number of allylic oxidation sites excluding steroid dienone is 4. The second-order valence-electron chi connectivity index (χ2n) is 4.98. The Hall–Kier alpha value is -2.09. The quantitative estimate of drug-likeness (QED) is 0.265. The van der Waals surface area contributed by atoms with Gasteiger partial charge in [0.1, 0.15) is 0 Å². The fourth-order valence-corrected chi connectivity index (χ4v) is 1.95. The lowest BCUT2D eigenvalue weighted by Crippen LogP contribution is -2.06. The van der Waals surface area contributed by atoms with Crippen molar-refractivity contribution in [3.05, 3.63) is 66.3 Å². The summed E-state index contributed by atoms with van der Waals surface area (Å²) < 4.78 is 0. The molecule has 0 aliphatic rings. The standard InChI is InChI=1S/C17H22N2.C3H8.C2H6.H2/c1-5-8-16(13(4)17(7-3)19-18)15-11-9-14(6-2)10-12-15;1-3-2;1-2;/h5,8-12H,1,4,6-7,18H2,2-3H3;3H2,1-2H3;1-2H3;1H/b16-8+,19-17+;;;. The molecule has 0 unspecified atom stereocenters. The second kappa shape index (κ2) is 15.8. The van der Waals surface area contributed by atoms with Crippen LogP contribution in [0.4, 0.5) is 0 Å². The maximum Gasteiger partial charge on any atom is 0.0670 e. The van der Waals surface area contributed by atoms with Crippen molar-refractivity contribution in [3.63, 3.8) is 0 Å². The van der Waals surface area contributed by atoms with Crippen LogP contribution in [-0.2, 0) is 6.42 Å². The zero-order valence-electron chi connectivity index (χ0n) is 16.5. The minimum Gasteiger partial charge on any atom is -0.323 e. The number of benzene rings is 1. The molecule has 1 aromatic rings. The van der Waals surface area contributed by atoms with E-state index in [0.717, 1.165) is 35.3 Å². The van der Waals surface area contributed by atoms with Gasteiger partial charge in [0.2, 0.25) is 0 Å². The van der Waals surface area contributed by atoms with Gasteiger partial charge in [0.15, 0.2) is 0 Å². The van der Waals surface area contributed by atoms with Crippen LogP contribution in [0.25, 0.3) is 5.57 Å². The Balaban J connectivity index is -0.000000726. The van der Waals surface area contributed by atoms with Crippen LogP contribution in [0.2, 0.25) is 0 Å². The Kier molecular flexibility index (Phi) is 15.9.